The first-order chi connectivity index (χ1) is 9.49. The van der Waals surface area contributed by atoms with E-state index in [1.807, 2.05) is 31.2 Å². The lowest BCUT2D eigenvalue weighted by Gasteiger charge is -2.11. The Bertz CT molecular complexity index is 636. The lowest BCUT2D eigenvalue weighted by molar-refractivity contribution is 0.102. The summed E-state index contributed by atoms with van der Waals surface area (Å²) >= 11 is 6.77. The Kier molecular flexibility index (Phi) is 4.83. The number of ether oxygens (including phenoxy) is 1. The van der Waals surface area contributed by atoms with Crippen LogP contribution in [-0.2, 0) is 0 Å². The Hall–Kier alpha value is -1.33. The molecule has 0 spiro atoms. The predicted octanol–water partition coefficient (Wildman–Crippen LogP) is 4.78. The van der Waals surface area contributed by atoms with E-state index in [0.717, 1.165) is 14.5 Å². The van der Waals surface area contributed by atoms with Crippen LogP contribution in [0.15, 0.2) is 45.3 Å². The molecular formula is C15H13Br2NO2. The Morgan fingerprint density at radius 1 is 1.10 bits per heavy atom. The van der Waals surface area contributed by atoms with Crippen LogP contribution in [0, 0.1) is 6.92 Å². The number of anilines is 1. The van der Waals surface area contributed by atoms with E-state index in [2.05, 4.69) is 37.2 Å². The molecule has 5 heteroatoms. The van der Waals surface area contributed by atoms with Crippen LogP contribution in [-0.4, -0.2) is 13.0 Å². The minimum Gasteiger partial charge on any atom is -0.495 e. The number of carbonyl (C=O) groups excluding carboxylic acids is 1. The van der Waals surface area contributed by atoms with Crippen LogP contribution in [0.2, 0.25) is 0 Å². The molecule has 0 aliphatic rings. The van der Waals surface area contributed by atoms with E-state index in [1.165, 1.54) is 0 Å². The summed E-state index contributed by atoms with van der Waals surface area (Å²) in [5.74, 6) is 0.444. The molecule has 0 heterocycles. The molecule has 0 bridgehead atoms. The molecule has 0 saturated carbocycles. The van der Waals surface area contributed by atoms with Crippen molar-refractivity contribution in [1.82, 2.24) is 0 Å². The van der Waals surface area contributed by atoms with E-state index in [9.17, 15) is 4.79 Å². The van der Waals surface area contributed by atoms with Crippen molar-refractivity contribution in [1.29, 1.82) is 0 Å². The molecule has 2 aromatic carbocycles. The molecule has 0 aromatic heterocycles. The first-order valence-electron chi connectivity index (χ1n) is 5.91. The van der Waals surface area contributed by atoms with Gasteiger partial charge in [0.15, 0.2) is 0 Å². The third-order valence-electron chi connectivity index (χ3n) is 2.71. The fraction of sp³-hybridized carbons (Fsp3) is 0.133. The number of halogens is 2. The fourth-order valence-corrected chi connectivity index (χ4v) is 2.81. The van der Waals surface area contributed by atoms with Crippen molar-refractivity contribution in [2.75, 3.05) is 12.4 Å². The van der Waals surface area contributed by atoms with Gasteiger partial charge in [-0.05, 0) is 48.9 Å². The monoisotopic (exact) mass is 397 g/mol. The number of hydrogen-bond acceptors (Lipinski definition) is 2. The Balaban J connectivity index is 2.29. The van der Waals surface area contributed by atoms with Crippen molar-refractivity contribution in [3.63, 3.8) is 0 Å². The third-order valence-corrected chi connectivity index (χ3v) is 3.67. The minimum absolute atomic E-state index is 0.175. The average Bonchev–Trinajstić information content (AvgIpc) is 2.37. The van der Waals surface area contributed by atoms with Gasteiger partial charge in [-0.2, -0.15) is 0 Å². The fourth-order valence-electron chi connectivity index (χ4n) is 1.84. The van der Waals surface area contributed by atoms with Gasteiger partial charge >= 0.3 is 0 Å². The van der Waals surface area contributed by atoms with Gasteiger partial charge in [0.1, 0.15) is 5.75 Å². The van der Waals surface area contributed by atoms with E-state index >= 15 is 0 Å². The van der Waals surface area contributed by atoms with Crippen LogP contribution in [0.3, 0.4) is 0 Å². The van der Waals surface area contributed by atoms with E-state index in [4.69, 9.17) is 4.74 Å². The van der Waals surface area contributed by atoms with Crippen LogP contribution in [0.25, 0.3) is 0 Å². The van der Waals surface area contributed by atoms with Gasteiger partial charge in [0, 0.05) is 14.5 Å². The van der Waals surface area contributed by atoms with Gasteiger partial charge < -0.3 is 10.1 Å². The molecule has 2 rings (SSSR count). The zero-order valence-corrected chi connectivity index (χ0v) is 14.2. The Morgan fingerprint density at radius 3 is 2.50 bits per heavy atom. The summed E-state index contributed by atoms with van der Waals surface area (Å²) < 4.78 is 6.99. The maximum absolute atomic E-state index is 12.3. The zero-order chi connectivity index (χ0) is 14.7. The lowest BCUT2D eigenvalue weighted by Crippen LogP contribution is -2.13. The molecule has 0 atom stereocenters. The second kappa shape index (κ2) is 6.41. The molecule has 1 N–H and O–H groups in total. The van der Waals surface area contributed by atoms with Crippen molar-refractivity contribution < 1.29 is 9.53 Å². The second-order valence-corrected chi connectivity index (χ2v) is 6.15. The number of nitrogens with one attached hydrogen (secondary N) is 1. The smallest absolute Gasteiger partial charge is 0.255 e. The topological polar surface area (TPSA) is 38.3 Å². The molecule has 1 amide bonds. The van der Waals surface area contributed by atoms with Crippen molar-refractivity contribution in [2.24, 2.45) is 0 Å². The van der Waals surface area contributed by atoms with Crippen LogP contribution in [0.5, 0.6) is 5.75 Å². The second-order valence-electron chi connectivity index (χ2n) is 4.32. The van der Waals surface area contributed by atoms with Gasteiger partial charge in [-0.25, -0.2) is 0 Å². The van der Waals surface area contributed by atoms with Crippen molar-refractivity contribution in [3.05, 3.63) is 56.5 Å². The number of carbonyl (C=O) groups is 1. The quantitative estimate of drug-likeness (QED) is 0.807. The van der Waals surface area contributed by atoms with E-state index in [0.29, 0.717) is 17.0 Å². The van der Waals surface area contributed by atoms with Gasteiger partial charge in [-0.1, -0.05) is 31.9 Å². The standard InChI is InChI=1S/C15H13Br2NO2/c1-9-5-10(7-12(17)6-9)15(19)18-13-8-11(16)3-4-14(13)20-2/h3-8H,1-2H3,(H,18,19). The SMILES string of the molecule is COc1ccc(Br)cc1NC(=O)c1cc(C)cc(Br)c1. The van der Waals surface area contributed by atoms with Gasteiger partial charge in [0.2, 0.25) is 0 Å². The number of amides is 1. The zero-order valence-electron chi connectivity index (χ0n) is 11.0. The average molecular weight is 399 g/mol. The largest absolute Gasteiger partial charge is 0.495 e. The molecule has 0 aliphatic heterocycles. The molecular weight excluding hydrogens is 386 g/mol. The highest BCUT2D eigenvalue weighted by atomic mass is 79.9. The van der Waals surface area contributed by atoms with Gasteiger partial charge in [0.05, 0.1) is 12.8 Å². The highest BCUT2D eigenvalue weighted by Crippen LogP contribution is 2.28. The van der Waals surface area contributed by atoms with E-state index in [-0.39, 0.29) is 5.91 Å². The Labute approximate surface area is 134 Å². The normalized spacial score (nSPS) is 10.2. The van der Waals surface area contributed by atoms with Crippen molar-refractivity contribution in [2.45, 2.75) is 6.92 Å². The predicted molar refractivity (Wildman–Crippen MR) is 87.5 cm³/mol. The van der Waals surface area contributed by atoms with E-state index < -0.39 is 0 Å². The molecule has 0 saturated heterocycles. The lowest BCUT2D eigenvalue weighted by atomic mass is 10.1. The highest BCUT2D eigenvalue weighted by Gasteiger charge is 2.11. The molecule has 20 heavy (non-hydrogen) atoms. The Morgan fingerprint density at radius 2 is 1.85 bits per heavy atom. The number of methoxy groups -OCH3 is 1. The first kappa shape index (κ1) is 15.1. The summed E-state index contributed by atoms with van der Waals surface area (Å²) in [5.41, 5.74) is 2.24. The van der Waals surface area contributed by atoms with Gasteiger partial charge in [-0.15, -0.1) is 0 Å². The molecule has 104 valence electrons. The minimum atomic E-state index is -0.175. The van der Waals surface area contributed by atoms with Gasteiger partial charge in [-0.3, -0.25) is 4.79 Å². The summed E-state index contributed by atoms with van der Waals surface area (Å²) in [6.45, 7) is 1.95. The van der Waals surface area contributed by atoms with Crippen molar-refractivity contribution in [3.8, 4) is 5.75 Å². The molecule has 3 nitrogen and oxygen atoms in total. The number of aryl methyl sites for hydroxylation is 1. The van der Waals surface area contributed by atoms with Crippen LogP contribution in [0.4, 0.5) is 5.69 Å². The summed E-state index contributed by atoms with van der Waals surface area (Å²) in [5, 5.41) is 2.86. The molecule has 0 unspecified atom stereocenters. The third kappa shape index (κ3) is 3.61. The van der Waals surface area contributed by atoms with Gasteiger partial charge in [0.25, 0.3) is 5.91 Å². The van der Waals surface area contributed by atoms with E-state index in [1.54, 1.807) is 19.2 Å². The first-order valence-corrected chi connectivity index (χ1v) is 7.50. The van der Waals surface area contributed by atoms with Crippen LogP contribution in [0.1, 0.15) is 15.9 Å². The number of benzene rings is 2. The summed E-state index contributed by atoms with van der Waals surface area (Å²) in [4.78, 5) is 12.3. The molecule has 0 aliphatic carbocycles. The maximum Gasteiger partial charge on any atom is 0.255 e. The maximum atomic E-state index is 12.3. The summed E-state index contributed by atoms with van der Waals surface area (Å²) in [6, 6.07) is 11.0. The number of rotatable bonds is 3. The summed E-state index contributed by atoms with van der Waals surface area (Å²) in [6.07, 6.45) is 0. The highest BCUT2D eigenvalue weighted by molar-refractivity contribution is 9.10. The molecule has 0 fully saturated rings. The van der Waals surface area contributed by atoms with Crippen LogP contribution >= 0.6 is 31.9 Å². The molecule has 0 radical (unpaired) electrons. The van der Waals surface area contributed by atoms with Crippen LogP contribution < -0.4 is 10.1 Å². The van der Waals surface area contributed by atoms with Crippen molar-refractivity contribution >= 4 is 43.5 Å². The summed E-state index contributed by atoms with van der Waals surface area (Å²) in [7, 11) is 1.57. The molecule has 2 aromatic rings. The number of hydrogen-bond donors (Lipinski definition) is 1.